The second-order valence-corrected chi connectivity index (χ2v) is 10.5. The van der Waals surface area contributed by atoms with Crippen LogP contribution in [0.5, 0.6) is 0 Å². The SMILES string of the molecule is Cc1nc2cc(F)ccc2n1[C@H]1CCN(C(=O)OC2C3CC4C[C@H]2C[C@@](C(N)=O)(C4)C3)C1. The predicted molar refractivity (Wildman–Crippen MR) is 115 cm³/mol. The summed E-state index contributed by atoms with van der Waals surface area (Å²) in [5.41, 5.74) is 6.93. The van der Waals surface area contributed by atoms with Crippen molar-refractivity contribution in [3.63, 3.8) is 0 Å². The second-order valence-electron chi connectivity index (χ2n) is 10.5. The number of primary amides is 1. The Labute approximate surface area is 186 Å². The summed E-state index contributed by atoms with van der Waals surface area (Å²) < 4.78 is 21.8. The van der Waals surface area contributed by atoms with Crippen molar-refractivity contribution < 1.29 is 18.7 Å². The molecule has 8 heteroatoms. The summed E-state index contributed by atoms with van der Waals surface area (Å²) >= 11 is 0. The number of aromatic nitrogens is 2. The largest absolute Gasteiger partial charge is 0.446 e. The van der Waals surface area contributed by atoms with E-state index >= 15 is 0 Å². The average Bonchev–Trinajstić information content (AvgIpc) is 3.33. The standard InChI is InChI=1S/C24H29FN4O3/c1-13-27-19-8-17(25)2-3-20(19)29(13)18-4-5-28(12-18)23(31)32-21-15-6-14-7-16(21)11-24(9-14,10-15)22(26)30/h2-3,8,14-16,18,21H,4-7,9-12H2,1H3,(H2,26,30)/t14?,15-,16?,18-,21?,24-/m0/s1. The molecule has 0 spiro atoms. The molecular formula is C24H29FN4O3. The third-order valence-corrected chi connectivity index (χ3v) is 8.56. The van der Waals surface area contributed by atoms with Crippen LogP contribution in [0.25, 0.3) is 11.0 Å². The van der Waals surface area contributed by atoms with E-state index in [0.29, 0.717) is 24.5 Å². The fraction of sp³-hybridized carbons (Fsp3) is 0.625. The number of hydrogen-bond acceptors (Lipinski definition) is 4. The van der Waals surface area contributed by atoms with Gasteiger partial charge in [0, 0.05) is 19.2 Å². The van der Waals surface area contributed by atoms with Gasteiger partial charge in [0.1, 0.15) is 17.7 Å². The molecule has 4 saturated carbocycles. The number of fused-ring (bicyclic) bond motifs is 1. The molecule has 0 radical (unpaired) electrons. The summed E-state index contributed by atoms with van der Waals surface area (Å²) in [6, 6.07) is 4.75. The van der Waals surface area contributed by atoms with Crippen LogP contribution >= 0.6 is 0 Å². The maximum Gasteiger partial charge on any atom is 0.410 e. The summed E-state index contributed by atoms with van der Waals surface area (Å²) in [5, 5.41) is 0. The van der Waals surface area contributed by atoms with Crippen molar-refractivity contribution in [3.8, 4) is 0 Å². The van der Waals surface area contributed by atoms with Crippen LogP contribution in [0.3, 0.4) is 0 Å². The van der Waals surface area contributed by atoms with Gasteiger partial charge in [-0.3, -0.25) is 4.79 Å². The van der Waals surface area contributed by atoms with Crippen molar-refractivity contribution >= 4 is 23.0 Å². The van der Waals surface area contributed by atoms with Gasteiger partial charge in [-0.05, 0) is 75.3 Å². The minimum absolute atomic E-state index is 0.0923. The van der Waals surface area contributed by atoms with Crippen LogP contribution in [0.1, 0.15) is 50.4 Å². The number of aryl methyl sites for hydroxylation is 1. The van der Waals surface area contributed by atoms with Gasteiger partial charge >= 0.3 is 6.09 Å². The van der Waals surface area contributed by atoms with E-state index in [1.54, 1.807) is 11.0 Å². The van der Waals surface area contributed by atoms with Crippen LogP contribution in [-0.4, -0.2) is 45.6 Å². The maximum absolute atomic E-state index is 13.6. The van der Waals surface area contributed by atoms with Gasteiger partial charge in [0.25, 0.3) is 0 Å². The zero-order valence-electron chi connectivity index (χ0n) is 18.3. The quantitative estimate of drug-likeness (QED) is 0.790. The van der Waals surface area contributed by atoms with Gasteiger partial charge in [-0.1, -0.05) is 0 Å². The Balaban J connectivity index is 1.16. The van der Waals surface area contributed by atoms with Crippen LogP contribution in [0, 0.1) is 35.9 Å². The molecule has 2 aromatic rings. The number of halogens is 1. The zero-order valence-corrected chi connectivity index (χ0v) is 18.3. The predicted octanol–water partition coefficient (Wildman–Crippen LogP) is 3.55. The van der Waals surface area contributed by atoms with E-state index in [2.05, 4.69) is 9.55 Å². The first-order chi connectivity index (χ1) is 15.3. The number of likely N-dealkylation sites (tertiary alicyclic amines) is 1. The van der Waals surface area contributed by atoms with Crippen molar-refractivity contribution in [1.82, 2.24) is 14.5 Å². The van der Waals surface area contributed by atoms with Crippen LogP contribution in [0.4, 0.5) is 9.18 Å². The smallest absolute Gasteiger partial charge is 0.410 e. The summed E-state index contributed by atoms with van der Waals surface area (Å²) in [5.74, 6) is 1.37. The van der Waals surface area contributed by atoms with Gasteiger partial charge in [-0.15, -0.1) is 0 Å². The number of rotatable bonds is 3. The number of ether oxygens (including phenoxy) is 1. The average molecular weight is 441 g/mol. The molecule has 7 nitrogen and oxygen atoms in total. The van der Waals surface area contributed by atoms with Crippen molar-refractivity contribution in [3.05, 3.63) is 29.8 Å². The number of amides is 2. The molecular weight excluding hydrogens is 411 g/mol. The Morgan fingerprint density at radius 1 is 1.22 bits per heavy atom. The highest BCUT2D eigenvalue weighted by atomic mass is 19.1. The molecule has 5 fully saturated rings. The summed E-state index contributed by atoms with van der Waals surface area (Å²) in [7, 11) is 0. The lowest BCUT2D eigenvalue weighted by atomic mass is 9.48. The zero-order chi connectivity index (χ0) is 22.2. The molecule has 1 aromatic carbocycles. The van der Waals surface area contributed by atoms with Gasteiger partial charge < -0.3 is 19.9 Å². The molecule has 5 aliphatic rings. The van der Waals surface area contributed by atoms with Gasteiger partial charge in [0.05, 0.1) is 22.5 Å². The Bertz CT molecular complexity index is 1100. The van der Waals surface area contributed by atoms with E-state index in [9.17, 15) is 14.0 Å². The molecule has 170 valence electrons. The molecule has 6 atom stereocenters. The van der Waals surface area contributed by atoms with Gasteiger partial charge in [0.15, 0.2) is 0 Å². The fourth-order valence-corrected chi connectivity index (χ4v) is 7.43. The Morgan fingerprint density at radius 2 is 1.97 bits per heavy atom. The van der Waals surface area contributed by atoms with Gasteiger partial charge in [-0.25, -0.2) is 14.2 Å². The molecule has 1 saturated heterocycles. The molecule has 1 aromatic heterocycles. The van der Waals surface area contributed by atoms with Crippen LogP contribution in [0.15, 0.2) is 18.2 Å². The lowest BCUT2D eigenvalue weighted by molar-refractivity contribution is -0.161. The second kappa shape index (κ2) is 6.93. The van der Waals surface area contributed by atoms with E-state index in [4.69, 9.17) is 10.5 Å². The number of nitrogens with two attached hydrogens (primary N) is 1. The molecule has 4 aliphatic carbocycles. The Hall–Kier alpha value is -2.64. The maximum atomic E-state index is 13.6. The van der Waals surface area contributed by atoms with Crippen LogP contribution in [-0.2, 0) is 9.53 Å². The summed E-state index contributed by atoms with van der Waals surface area (Å²) in [4.78, 5) is 31.5. The molecule has 2 heterocycles. The number of carbonyl (C=O) groups excluding carboxylic acids is 2. The molecule has 1 aliphatic heterocycles. The molecule has 2 N–H and O–H groups in total. The van der Waals surface area contributed by atoms with Gasteiger partial charge in [-0.2, -0.15) is 0 Å². The fourth-order valence-electron chi connectivity index (χ4n) is 7.43. The van der Waals surface area contributed by atoms with E-state index in [1.165, 1.54) is 12.1 Å². The van der Waals surface area contributed by atoms with Crippen molar-refractivity contribution in [1.29, 1.82) is 0 Å². The minimum Gasteiger partial charge on any atom is -0.446 e. The van der Waals surface area contributed by atoms with E-state index in [0.717, 1.165) is 49.9 Å². The van der Waals surface area contributed by atoms with Crippen molar-refractivity contribution in [2.45, 2.75) is 57.6 Å². The Kier molecular flexibility index (Phi) is 4.33. The molecule has 3 unspecified atom stereocenters. The molecule has 32 heavy (non-hydrogen) atoms. The monoisotopic (exact) mass is 440 g/mol. The third-order valence-electron chi connectivity index (χ3n) is 8.56. The number of nitrogens with zero attached hydrogens (tertiary/aromatic N) is 3. The third kappa shape index (κ3) is 2.94. The van der Waals surface area contributed by atoms with E-state index in [-0.39, 0.29) is 47.2 Å². The highest BCUT2D eigenvalue weighted by Gasteiger charge is 2.59. The first-order valence-corrected chi connectivity index (χ1v) is 11.7. The number of imidazole rings is 1. The number of carbonyl (C=O) groups is 2. The van der Waals surface area contributed by atoms with E-state index in [1.807, 2.05) is 6.92 Å². The van der Waals surface area contributed by atoms with E-state index < -0.39 is 0 Å². The lowest BCUT2D eigenvalue weighted by Crippen LogP contribution is -2.59. The Morgan fingerprint density at radius 3 is 2.69 bits per heavy atom. The lowest BCUT2D eigenvalue weighted by Gasteiger charge is -2.58. The van der Waals surface area contributed by atoms with Crippen LogP contribution < -0.4 is 5.73 Å². The van der Waals surface area contributed by atoms with Crippen LogP contribution in [0.2, 0.25) is 0 Å². The highest BCUT2D eigenvalue weighted by molar-refractivity contribution is 5.81. The number of benzene rings is 1. The first-order valence-electron chi connectivity index (χ1n) is 11.7. The molecule has 2 amide bonds. The van der Waals surface area contributed by atoms with Crippen molar-refractivity contribution in [2.24, 2.45) is 28.9 Å². The normalized spacial score (nSPS) is 35.6. The molecule has 7 rings (SSSR count). The summed E-state index contributed by atoms with van der Waals surface area (Å²) in [6.07, 6.45) is 4.93. The molecule has 4 bridgehead atoms. The van der Waals surface area contributed by atoms with Crippen molar-refractivity contribution in [2.75, 3.05) is 13.1 Å². The topological polar surface area (TPSA) is 90.4 Å². The summed E-state index contributed by atoms with van der Waals surface area (Å²) in [6.45, 7) is 3.10. The first kappa shape index (κ1) is 20.0. The number of hydrogen-bond donors (Lipinski definition) is 1. The van der Waals surface area contributed by atoms with Gasteiger partial charge in [0.2, 0.25) is 5.91 Å². The highest BCUT2D eigenvalue weighted by Crippen LogP contribution is 2.60. The minimum atomic E-state index is -0.377.